The third-order valence-corrected chi connectivity index (χ3v) is 5.40. The van der Waals surface area contributed by atoms with Crippen LogP contribution < -0.4 is 14.2 Å². The highest BCUT2D eigenvalue weighted by atomic mass is 16.5. The molecule has 3 aromatic rings. The van der Waals surface area contributed by atoms with Crippen LogP contribution in [-0.4, -0.2) is 25.7 Å². The minimum atomic E-state index is 0.538. The summed E-state index contributed by atoms with van der Waals surface area (Å²) < 4.78 is 17.2. The van der Waals surface area contributed by atoms with Gasteiger partial charge in [0.05, 0.1) is 14.2 Å². The van der Waals surface area contributed by atoms with Crippen molar-refractivity contribution in [3.8, 4) is 17.2 Å². The maximum atomic E-state index is 6.08. The molecule has 0 radical (unpaired) electrons. The van der Waals surface area contributed by atoms with Crippen LogP contribution in [0.15, 0.2) is 66.7 Å². The van der Waals surface area contributed by atoms with Crippen molar-refractivity contribution < 1.29 is 14.2 Å². The first-order chi connectivity index (χ1) is 14.3. The van der Waals surface area contributed by atoms with Gasteiger partial charge in [0.25, 0.3) is 0 Å². The molecule has 1 heterocycles. The first kappa shape index (κ1) is 19.3. The number of nitrogens with zero attached hydrogens (tertiary/aromatic N) is 1. The highest BCUT2D eigenvalue weighted by molar-refractivity contribution is 5.48. The van der Waals surface area contributed by atoms with Crippen LogP contribution in [0.3, 0.4) is 0 Å². The van der Waals surface area contributed by atoms with Crippen molar-refractivity contribution in [2.75, 3.05) is 20.8 Å². The van der Waals surface area contributed by atoms with Crippen LogP contribution in [0.1, 0.15) is 22.3 Å². The lowest BCUT2D eigenvalue weighted by Crippen LogP contribution is -2.30. The molecular weight excluding hydrogens is 362 g/mol. The third-order valence-electron chi connectivity index (χ3n) is 5.40. The van der Waals surface area contributed by atoms with E-state index in [9.17, 15) is 0 Å². The number of para-hydroxylation sites is 1. The topological polar surface area (TPSA) is 30.9 Å². The molecule has 4 rings (SSSR count). The van der Waals surface area contributed by atoms with Crippen molar-refractivity contribution in [2.24, 2.45) is 0 Å². The van der Waals surface area contributed by atoms with E-state index in [4.69, 9.17) is 14.2 Å². The van der Waals surface area contributed by atoms with Gasteiger partial charge in [0.1, 0.15) is 12.4 Å². The van der Waals surface area contributed by atoms with Crippen LogP contribution in [0, 0.1) is 0 Å². The fourth-order valence-electron chi connectivity index (χ4n) is 3.84. The Kier molecular flexibility index (Phi) is 6.01. The molecule has 3 aromatic carbocycles. The summed E-state index contributed by atoms with van der Waals surface area (Å²) in [6.07, 6.45) is 0.996. The van der Waals surface area contributed by atoms with Gasteiger partial charge in [-0.3, -0.25) is 4.90 Å². The van der Waals surface area contributed by atoms with Crippen LogP contribution in [0.2, 0.25) is 0 Å². The number of fused-ring (bicyclic) bond motifs is 1. The first-order valence-electron chi connectivity index (χ1n) is 9.97. The van der Waals surface area contributed by atoms with E-state index in [-0.39, 0.29) is 0 Å². The molecule has 0 unspecified atom stereocenters. The van der Waals surface area contributed by atoms with Gasteiger partial charge >= 0.3 is 0 Å². The zero-order valence-corrected chi connectivity index (χ0v) is 17.1. The summed E-state index contributed by atoms with van der Waals surface area (Å²) in [5.74, 6) is 2.55. The monoisotopic (exact) mass is 389 g/mol. The molecule has 0 fully saturated rings. The lowest BCUT2D eigenvalue weighted by Gasteiger charge is -2.30. The van der Waals surface area contributed by atoms with Gasteiger partial charge in [-0.25, -0.2) is 0 Å². The van der Waals surface area contributed by atoms with E-state index < -0.39 is 0 Å². The Bertz CT molecular complexity index is 956. The maximum Gasteiger partial charge on any atom is 0.161 e. The lowest BCUT2D eigenvalue weighted by molar-refractivity contribution is 0.239. The molecule has 0 bridgehead atoms. The lowest BCUT2D eigenvalue weighted by atomic mass is 9.98. The van der Waals surface area contributed by atoms with Gasteiger partial charge in [-0.2, -0.15) is 0 Å². The largest absolute Gasteiger partial charge is 0.496 e. The number of methoxy groups -OCH3 is 2. The summed E-state index contributed by atoms with van der Waals surface area (Å²) in [5, 5.41) is 0. The van der Waals surface area contributed by atoms with Gasteiger partial charge in [-0.1, -0.05) is 48.5 Å². The molecular formula is C25H27NO3. The van der Waals surface area contributed by atoms with Crippen LogP contribution >= 0.6 is 0 Å². The van der Waals surface area contributed by atoms with Crippen molar-refractivity contribution >= 4 is 0 Å². The Balaban J connectivity index is 1.48. The fraction of sp³-hybridized carbons (Fsp3) is 0.280. The molecule has 4 heteroatoms. The molecule has 0 N–H and O–H groups in total. The first-order valence-corrected chi connectivity index (χ1v) is 9.97. The predicted molar refractivity (Wildman–Crippen MR) is 115 cm³/mol. The second-order valence-corrected chi connectivity index (χ2v) is 7.32. The average Bonchev–Trinajstić information content (AvgIpc) is 2.78. The molecule has 1 aliphatic rings. The number of hydrogen-bond donors (Lipinski definition) is 0. The van der Waals surface area contributed by atoms with E-state index in [2.05, 4.69) is 41.3 Å². The summed E-state index contributed by atoms with van der Waals surface area (Å²) in [7, 11) is 3.43. The van der Waals surface area contributed by atoms with Crippen molar-refractivity contribution in [1.82, 2.24) is 4.90 Å². The second-order valence-electron chi connectivity index (χ2n) is 7.32. The number of ether oxygens (including phenoxy) is 3. The Hall–Kier alpha value is -2.98. The van der Waals surface area contributed by atoms with Gasteiger partial charge in [-0.15, -0.1) is 0 Å². The standard InChI is InChI=1S/C25H27NO3/c1-27-23-11-7-6-10-21(23)16-26-13-12-20-14-25(24(28-2)15-22(20)17-26)29-18-19-8-4-3-5-9-19/h3-11,14-15H,12-13,16-18H2,1-2H3. The van der Waals surface area contributed by atoms with Crippen molar-refractivity contribution in [1.29, 1.82) is 0 Å². The van der Waals surface area contributed by atoms with E-state index >= 15 is 0 Å². The van der Waals surface area contributed by atoms with Crippen LogP contribution in [-0.2, 0) is 26.1 Å². The highest BCUT2D eigenvalue weighted by Gasteiger charge is 2.20. The highest BCUT2D eigenvalue weighted by Crippen LogP contribution is 2.34. The summed E-state index contributed by atoms with van der Waals surface area (Å²) in [4.78, 5) is 2.45. The van der Waals surface area contributed by atoms with E-state index in [0.717, 1.165) is 48.9 Å². The van der Waals surface area contributed by atoms with Crippen LogP contribution in [0.5, 0.6) is 17.2 Å². The zero-order chi connectivity index (χ0) is 20.1. The van der Waals surface area contributed by atoms with E-state index in [0.29, 0.717) is 6.61 Å². The van der Waals surface area contributed by atoms with Crippen LogP contribution in [0.25, 0.3) is 0 Å². The average molecular weight is 389 g/mol. The molecule has 0 atom stereocenters. The van der Waals surface area contributed by atoms with Crippen LogP contribution in [0.4, 0.5) is 0 Å². The normalized spacial score (nSPS) is 13.6. The van der Waals surface area contributed by atoms with Gasteiger partial charge < -0.3 is 14.2 Å². The molecule has 0 aromatic heterocycles. The Labute approximate surface area is 172 Å². The van der Waals surface area contributed by atoms with Crippen molar-refractivity contribution in [3.63, 3.8) is 0 Å². The van der Waals surface area contributed by atoms with Gasteiger partial charge in [-0.05, 0) is 41.3 Å². The van der Waals surface area contributed by atoms with E-state index in [1.807, 2.05) is 30.3 Å². The smallest absolute Gasteiger partial charge is 0.161 e. The second kappa shape index (κ2) is 9.01. The molecule has 4 nitrogen and oxygen atoms in total. The summed E-state index contributed by atoms with van der Waals surface area (Å²) >= 11 is 0. The Morgan fingerprint density at radius 1 is 0.793 bits per heavy atom. The summed E-state index contributed by atoms with van der Waals surface area (Å²) in [6.45, 7) is 3.31. The van der Waals surface area contributed by atoms with Crippen molar-refractivity contribution in [2.45, 2.75) is 26.1 Å². The molecule has 0 saturated heterocycles. The molecule has 0 saturated carbocycles. The fourth-order valence-corrected chi connectivity index (χ4v) is 3.84. The predicted octanol–water partition coefficient (Wildman–Crippen LogP) is 4.84. The van der Waals surface area contributed by atoms with Crippen molar-refractivity contribution in [3.05, 3.63) is 89.0 Å². The number of rotatable bonds is 7. The molecule has 29 heavy (non-hydrogen) atoms. The molecule has 0 aliphatic carbocycles. The van der Waals surface area contributed by atoms with Gasteiger partial charge in [0.2, 0.25) is 0 Å². The summed E-state index contributed by atoms with van der Waals surface area (Å²) in [6, 6.07) is 22.7. The molecule has 0 amide bonds. The molecule has 0 spiro atoms. The van der Waals surface area contributed by atoms with Gasteiger partial charge in [0.15, 0.2) is 11.5 Å². The quantitative estimate of drug-likeness (QED) is 0.578. The Morgan fingerprint density at radius 3 is 2.31 bits per heavy atom. The van der Waals surface area contributed by atoms with E-state index in [1.165, 1.54) is 16.7 Å². The maximum absolute atomic E-state index is 6.08. The molecule has 1 aliphatic heterocycles. The molecule has 150 valence electrons. The minimum Gasteiger partial charge on any atom is -0.496 e. The van der Waals surface area contributed by atoms with E-state index in [1.54, 1.807) is 14.2 Å². The number of benzene rings is 3. The summed E-state index contributed by atoms with van der Waals surface area (Å²) in [5.41, 5.74) is 5.00. The SMILES string of the molecule is COc1ccccc1CN1CCc2cc(OCc3ccccc3)c(OC)cc2C1. The number of hydrogen-bond acceptors (Lipinski definition) is 4. The van der Waals surface area contributed by atoms with Gasteiger partial charge in [0, 0.05) is 25.2 Å². The zero-order valence-electron chi connectivity index (χ0n) is 17.1. The third kappa shape index (κ3) is 4.54. The minimum absolute atomic E-state index is 0.538. The Morgan fingerprint density at radius 2 is 1.52 bits per heavy atom.